The molecular weight excluding hydrogens is 190 g/mol. The maximum atomic E-state index is 11.2. The van der Waals surface area contributed by atoms with E-state index in [-0.39, 0.29) is 18.0 Å². The number of hydrogen-bond donors (Lipinski definition) is 2. The predicted octanol–water partition coefficient (Wildman–Crippen LogP) is 0.323. The first-order chi connectivity index (χ1) is 7.00. The van der Waals surface area contributed by atoms with Gasteiger partial charge in [0.1, 0.15) is 0 Å². The molecule has 0 saturated heterocycles. The van der Waals surface area contributed by atoms with Crippen molar-refractivity contribution < 1.29 is 4.79 Å². The van der Waals surface area contributed by atoms with E-state index in [2.05, 4.69) is 17.3 Å². The van der Waals surface area contributed by atoms with Gasteiger partial charge in [-0.05, 0) is 19.9 Å². The monoisotopic (exact) mass is 213 g/mol. The molecule has 0 radical (unpaired) electrons. The summed E-state index contributed by atoms with van der Waals surface area (Å²) in [6, 6.07) is 0.716. The summed E-state index contributed by atoms with van der Waals surface area (Å²) >= 11 is 0. The normalized spacial score (nSPS) is 19.3. The van der Waals surface area contributed by atoms with Crippen LogP contribution in [0.1, 0.15) is 33.1 Å². The molecule has 1 atom stereocenters. The minimum Gasteiger partial charge on any atom is -0.368 e. The molecule has 88 valence electrons. The van der Waals surface area contributed by atoms with Gasteiger partial charge in [-0.3, -0.25) is 4.79 Å². The molecular formula is C11H23N3O. The predicted molar refractivity (Wildman–Crippen MR) is 61.5 cm³/mol. The lowest BCUT2D eigenvalue weighted by Gasteiger charge is -2.36. The van der Waals surface area contributed by atoms with E-state index in [0.717, 1.165) is 6.54 Å². The number of rotatable bonds is 6. The van der Waals surface area contributed by atoms with Crippen LogP contribution in [0.2, 0.25) is 0 Å². The van der Waals surface area contributed by atoms with Crippen LogP contribution in [0.25, 0.3) is 0 Å². The Kier molecular flexibility index (Phi) is 4.54. The number of carbonyl (C=O) groups is 1. The van der Waals surface area contributed by atoms with Crippen LogP contribution in [0, 0.1) is 0 Å². The van der Waals surface area contributed by atoms with E-state index in [9.17, 15) is 4.79 Å². The van der Waals surface area contributed by atoms with Crippen molar-refractivity contribution in [2.24, 2.45) is 5.73 Å². The first-order valence-electron chi connectivity index (χ1n) is 5.76. The molecule has 0 bridgehead atoms. The van der Waals surface area contributed by atoms with Gasteiger partial charge in [0.25, 0.3) is 0 Å². The van der Waals surface area contributed by atoms with Crippen LogP contribution < -0.4 is 11.1 Å². The van der Waals surface area contributed by atoms with Crippen molar-refractivity contribution in [3.8, 4) is 0 Å². The van der Waals surface area contributed by atoms with Crippen molar-refractivity contribution in [1.82, 2.24) is 10.2 Å². The van der Waals surface area contributed by atoms with E-state index in [1.165, 1.54) is 19.3 Å². The van der Waals surface area contributed by atoms with Crippen LogP contribution in [0.15, 0.2) is 0 Å². The Morgan fingerprint density at radius 1 is 1.53 bits per heavy atom. The highest BCUT2D eigenvalue weighted by molar-refractivity contribution is 5.80. The molecule has 1 unspecified atom stereocenters. The van der Waals surface area contributed by atoms with Gasteiger partial charge in [0.15, 0.2) is 0 Å². The number of primary amides is 1. The lowest BCUT2D eigenvalue weighted by atomic mass is 9.91. The molecule has 4 nitrogen and oxygen atoms in total. The maximum Gasteiger partial charge on any atom is 0.235 e. The van der Waals surface area contributed by atoms with E-state index in [0.29, 0.717) is 6.04 Å². The number of nitrogens with two attached hydrogens (primary N) is 1. The molecule has 0 aromatic heterocycles. The standard InChI is InChI=1S/C11H23N3O/c1-8(2)13-10(11(12)15)7-14(3)9-5-4-6-9/h8-10,13H,4-7H2,1-3H3,(H2,12,15). The fourth-order valence-corrected chi connectivity index (χ4v) is 1.89. The Bertz CT molecular complexity index is 214. The van der Waals surface area contributed by atoms with Crippen molar-refractivity contribution in [2.45, 2.75) is 51.2 Å². The number of likely N-dealkylation sites (N-methyl/N-ethyl adjacent to an activating group) is 1. The maximum absolute atomic E-state index is 11.2. The summed E-state index contributed by atoms with van der Waals surface area (Å²) in [5.41, 5.74) is 5.36. The average Bonchev–Trinajstić information content (AvgIpc) is 1.98. The Hall–Kier alpha value is -0.610. The average molecular weight is 213 g/mol. The minimum atomic E-state index is -0.255. The van der Waals surface area contributed by atoms with Crippen LogP contribution >= 0.6 is 0 Å². The molecule has 0 aliphatic heterocycles. The Labute approximate surface area is 92.2 Å². The van der Waals surface area contributed by atoms with Gasteiger partial charge in [0.2, 0.25) is 5.91 Å². The number of carbonyl (C=O) groups excluding carboxylic acids is 1. The first kappa shape index (κ1) is 12.5. The van der Waals surface area contributed by atoms with Gasteiger partial charge in [-0.15, -0.1) is 0 Å². The zero-order valence-electron chi connectivity index (χ0n) is 9.99. The summed E-state index contributed by atoms with van der Waals surface area (Å²) in [5, 5.41) is 3.20. The van der Waals surface area contributed by atoms with Crippen LogP contribution in [0.3, 0.4) is 0 Å². The zero-order chi connectivity index (χ0) is 11.4. The summed E-state index contributed by atoms with van der Waals surface area (Å²) in [4.78, 5) is 13.5. The molecule has 0 aromatic carbocycles. The number of amides is 1. The summed E-state index contributed by atoms with van der Waals surface area (Å²) in [5.74, 6) is -0.255. The van der Waals surface area contributed by atoms with Gasteiger partial charge in [0.05, 0.1) is 6.04 Å². The van der Waals surface area contributed by atoms with Crippen molar-refractivity contribution in [3.63, 3.8) is 0 Å². The van der Waals surface area contributed by atoms with Gasteiger partial charge in [-0.25, -0.2) is 0 Å². The molecule has 0 heterocycles. The van der Waals surface area contributed by atoms with Crippen molar-refractivity contribution in [2.75, 3.05) is 13.6 Å². The van der Waals surface area contributed by atoms with Gasteiger partial charge in [-0.1, -0.05) is 20.3 Å². The van der Waals surface area contributed by atoms with Gasteiger partial charge >= 0.3 is 0 Å². The van der Waals surface area contributed by atoms with E-state index in [1.807, 2.05) is 13.8 Å². The Balaban J connectivity index is 2.38. The lowest BCUT2D eigenvalue weighted by Crippen LogP contribution is -2.53. The molecule has 1 fully saturated rings. The molecule has 3 N–H and O–H groups in total. The van der Waals surface area contributed by atoms with Gasteiger partial charge in [0, 0.05) is 18.6 Å². The van der Waals surface area contributed by atoms with Crippen molar-refractivity contribution in [3.05, 3.63) is 0 Å². The van der Waals surface area contributed by atoms with Crippen molar-refractivity contribution >= 4 is 5.91 Å². The second kappa shape index (κ2) is 5.47. The second-order valence-electron chi connectivity index (χ2n) is 4.80. The number of nitrogens with zero attached hydrogens (tertiary/aromatic N) is 1. The molecule has 1 rings (SSSR count). The van der Waals surface area contributed by atoms with Crippen LogP contribution in [-0.2, 0) is 4.79 Å². The molecule has 1 aliphatic rings. The highest BCUT2D eigenvalue weighted by Gasteiger charge is 2.26. The van der Waals surface area contributed by atoms with E-state index in [1.54, 1.807) is 0 Å². The quantitative estimate of drug-likeness (QED) is 0.668. The number of hydrogen-bond acceptors (Lipinski definition) is 3. The third kappa shape index (κ3) is 3.80. The summed E-state index contributed by atoms with van der Waals surface area (Å²) < 4.78 is 0. The third-order valence-electron chi connectivity index (χ3n) is 3.05. The summed E-state index contributed by atoms with van der Waals surface area (Å²) in [7, 11) is 2.07. The van der Waals surface area contributed by atoms with E-state index < -0.39 is 0 Å². The second-order valence-corrected chi connectivity index (χ2v) is 4.80. The molecule has 1 amide bonds. The fourth-order valence-electron chi connectivity index (χ4n) is 1.89. The Morgan fingerprint density at radius 3 is 2.47 bits per heavy atom. The smallest absolute Gasteiger partial charge is 0.235 e. The van der Waals surface area contributed by atoms with E-state index in [4.69, 9.17) is 5.73 Å². The van der Waals surface area contributed by atoms with Crippen molar-refractivity contribution in [1.29, 1.82) is 0 Å². The Morgan fingerprint density at radius 2 is 2.13 bits per heavy atom. The minimum absolute atomic E-state index is 0.226. The van der Waals surface area contributed by atoms with Crippen LogP contribution in [0.5, 0.6) is 0 Å². The zero-order valence-corrected chi connectivity index (χ0v) is 9.99. The SMILES string of the molecule is CC(C)NC(CN(C)C1CCC1)C(N)=O. The number of nitrogens with one attached hydrogen (secondary N) is 1. The first-order valence-corrected chi connectivity index (χ1v) is 5.76. The third-order valence-corrected chi connectivity index (χ3v) is 3.05. The molecule has 4 heteroatoms. The molecule has 1 saturated carbocycles. The van der Waals surface area contributed by atoms with Gasteiger partial charge < -0.3 is 16.0 Å². The largest absolute Gasteiger partial charge is 0.368 e. The molecule has 15 heavy (non-hydrogen) atoms. The summed E-state index contributed by atoms with van der Waals surface area (Å²) in [6.45, 7) is 4.77. The molecule has 1 aliphatic carbocycles. The van der Waals surface area contributed by atoms with Gasteiger partial charge in [-0.2, -0.15) is 0 Å². The lowest BCUT2D eigenvalue weighted by molar-refractivity contribution is -0.120. The topological polar surface area (TPSA) is 58.4 Å². The van der Waals surface area contributed by atoms with Crippen LogP contribution in [0.4, 0.5) is 0 Å². The molecule has 0 spiro atoms. The van der Waals surface area contributed by atoms with Crippen LogP contribution in [-0.4, -0.2) is 42.5 Å². The highest BCUT2D eigenvalue weighted by Crippen LogP contribution is 2.23. The molecule has 0 aromatic rings. The summed E-state index contributed by atoms with van der Waals surface area (Å²) in [6.07, 6.45) is 3.82. The fraction of sp³-hybridized carbons (Fsp3) is 0.909. The van der Waals surface area contributed by atoms with E-state index >= 15 is 0 Å². The highest BCUT2D eigenvalue weighted by atomic mass is 16.1.